The first kappa shape index (κ1) is 15.9. The quantitative estimate of drug-likeness (QED) is 0.850. The summed E-state index contributed by atoms with van der Waals surface area (Å²) < 4.78 is 5.08. The zero-order valence-corrected chi connectivity index (χ0v) is 14.0. The Morgan fingerprint density at radius 1 is 1.38 bits per heavy atom. The molecule has 0 aliphatic carbocycles. The molecule has 114 valence electrons. The van der Waals surface area contributed by atoms with Gasteiger partial charge in [0.1, 0.15) is 0 Å². The van der Waals surface area contributed by atoms with Gasteiger partial charge in [0, 0.05) is 29.6 Å². The van der Waals surface area contributed by atoms with Crippen LogP contribution in [0.2, 0.25) is 0 Å². The van der Waals surface area contributed by atoms with E-state index in [-0.39, 0.29) is 0 Å². The molecule has 0 bridgehead atoms. The van der Waals surface area contributed by atoms with Gasteiger partial charge in [-0.05, 0) is 32.4 Å². The second kappa shape index (κ2) is 7.52. The topological polar surface area (TPSA) is 47.0 Å². The molecule has 1 unspecified atom stereocenters. The lowest BCUT2D eigenvalue weighted by molar-refractivity contribution is 0.397. The Kier molecular flexibility index (Phi) is 5.70. The van der Waals surface area contributed by atoms with Crippen molar-refractivity contribution in [3.8, 4) is 5.88 Å². The fraction of sp³-hybridized carbons (Fsp3) is 0.500. The molecular formula is C16H23N3OS. The van der Waals surface area contributed by atoms with Gasteiger partial charge in [-0.3, -0.25) is 0 Å². The number of nitrogens with one attached hydrogen (secondary N) is 1. The number of ether oxygens (including phenoxy) is 1. The van der Waals surface area contributed by atoms with Crippen LogP contribution < -0.4 is 10.1 Å². The van der Waals surface area contributed by atoms with E-state index >= 15 is 0 Å². The summed E-state index contributed by atoms with van der Waals surface area (Å²) in [6.45, 7) is 7.51. The van der Waals surface area contributed by atoms with Crippen LogP contribution in [-0.2, 0) is 6.42 Å². The first-order valence-corrected chi connectivity index (χ1v) is 8.14. The molecule has 4 nitrogen and oxygen atoms in total. The number of thiazole rings is 1. The number of rotatable bonds is 7. The van der Waals surface area contributed by atoms with E-state index in [0.717, 1.165) is 35.7 Å². The van der Waals surface area contributed by atoms with E-state index in [1.54, 1.807) is 18.4 Å². The van der Waals surface area contributed by atoms with Gasteiger partial charge < -0.3 is 10.1 Å². The zero-order valence-electron chi connectivity index (χ0n) is 13.1. The molecule has 0 spiro atoms. The lowest BCUT2D eigenvalue weighted by Crippen LogP contribution is -2.18. The van der Waals surface area contributed by atoms with Crippen molar-refractivity contribution in [2.45, 2.75) is 39.7 Å². The monoisotopic (exact) mass is 305 g/mol. The van der Waals surface area contributed by atoms with Crippen molar-refractivity contribution < 1.29 is 4.74 Å². The summed E-state index contributed by atoms with van der Waals surface area (Å²) in [5, 5.41) is 4.66. The summed E-state index contributed by atoms with van der Waals surface area (Å²) in [5.74, 6) is 0.646. The van der Waals surface area contributed by atoms with E-state index in [1.165, 1.54) is 4.88 Å². The lowest BCUT2D eigenvalue weighted by atomic mass is 10.2. The molecule has 2 heterocycles. The van der Waals surface area contributed by atoms with Crippen molar-refractivity contribution in [3.63, 3.8) is 0 Å². The number of aryl methyl sites for hydroxylation is 1. The molecule has 0 radical (unpaired) electrons. The third-order valence-corrected chi connectivity index (χ3v) is 4.67. The van der Waals surface area contributed by atoms with Gasteiger partial charge in [0.15, 0.2) is 0 Å². The van der Waals surface area contributed by atoms with E-state index in [2.05, 4.69) is 31.1 Å². The Morgan fingerprint density at radius 3 is 2.81 bits per heavy atom. The van der Waals surface area contributed by atoms with Gasteiger partial charge in [0.2, 0.25) is 5.88 Å². The van der Waals surface area contributed by atoms with Gasteiger partial charge in [-0.15, -0.1) is 11.3 Å². The maximum atomic E-state index is 5.08. The van der Waals surface area contributed by atoms with Crippen LogP contribution in [0.1, 0.15) is 47.5 Å². The number of pyridine rings is 1. The maximum Gasteiger partial charge on any atom is 0.212 e. The molecule has 1 atom stereocenters. The Hall–Kier alpha value is -1.46. The van der Waals surface area contributed by atoms with Crippen LogP contribution >= 0.6 is 11.3 Å². The molecular weight excluding hydrogens is 282 g/mol. The highest BCUT2D eigenvalue weighted by atomic mass is 32.1. The van der Waals surface area contributed by atoms with Crippen LogP contribution in [0.4, 0.5) is 0 Å². The van der Waals surface area contributed by atoms with Crippen LogP contribution in [0.25, 0.3) is 0 Å². The minimum atomic E-state index is 0.366. The van der Waals surface area contributed by atoms with Crippen molar-refractivity contribution >= 4 is 11.3 Å². The van der Waals surface area contributed by atoms with Crippen molar-refractivity contribution in [2.75, 3.05) is 13.7 Å². The molecule has 0 saturated heterocycles. The van der Waals surface area contributed by atoms with E-state index < -0.39 is 0 Å². The molecule has 0 aliphatic heterocycles. The summed E-state index contributed by atoms with van der Waals surface area (Å²) in [6.07, 6.45) is 3.82. The second-order valence-electron chi connectivity index (χ2n) is 5.12. The predicted octanol–water partition coefficient (Wildman–Crippen LogP) is 3.51. The van der Waals surface area contributed by atoms with Gasteiger partial charge in [0.05, 0.1) is 17.8 Å². The van der Waals surface area contributed by atoms with E-state index in [9.17, 15) is 0 Å². The molecule has 2 aromatic rings. The van der Waals surface area contributed by atoms with Gasteiger partial charge in [-0.25, -0.2) is 9.97 Å². The fourth-order valence-electron chi connectivity index (χ4n) is 2.21. The van der Waals surface area contributed by atoms with Gasteiger partial charge in [-0.1, -0.05) is 13.0 Å². The zero-order chi connectivity index (χ0) is 15.2. The first-order valence-electron chi connectivity index (χ1n) is 7.32. The third-order valence-electron chi connectivity index (χ3n) is 3.33. The van der Waals surface area contributed by atoms with Gasteiger partial charge in [-0.2, -0.15) is 0 Å². The predicted molar refractivity (Wildman–Crippen MR) is 87.2 cm³/mol. The lowest BCUT2D eigenvalue weighted by Gasteiger charge is -2.11. The van der Waals surface area contributed by atoms with Crippen LogP contribution in [0.3, 0.4) is 0 Å². The summed E-state index contributed by atoms with van der Waals surface area (Å²) in [6, 6.07) is 4.30. The number of methoxy groups -OCH3 is 1. The summed E-state index contributed by atoms with van der Waals surface area (Å²) in [5.41, 5.74) is 2.29. The van der Waals surface area contributed by atoms with Crippen LogP contribution in [0.5, 0.6) is 5.88 Å². The molecule has 0 amide bonds. The van der Waals surface area contributed by atoms with E-state index in [1.807, 2.05) is 18.3 Å². The van der Waals surface area contributed by atoms with Crippen molar-refractivity contribution in [1.82, 2.24) is 15.3 Å². The van der Waals surface area contributed by atoms with Crippen molar-refractivity contribution in [3.05, 3.63) is 39.5 Å². The molecule has 2 rings (SSSR count). The highest BCUT2D eigenvalue weighted by Crippen LogP contribution is 2.26. The summed E-state index contributed by atoms with van der Waals surface area (Å²) >= 11 is 1.79. The van der Waals surface area contributed by atoms with Crippen LogP contribution in [0.15, 0.2) is 18.3 Å². The fourth-order valence-corrected chi connectivity index (χ4v) is 3.34. The smallest absolute Gasteiger partial charge is 0.212 e. The number of aromatic nitrogens is 2. The van der Waals surface area contributed by atoms with Crippen LogP contribution in [-0.4, -0.2) is 23.6 Å². The summed E-state index contributed by atoms with van der Waals surface area (Å²) in [7, 11) is 1.63. The number of nitrogens with zero attached hydrogens (tertiary/aromatic N) is 2. The molecule has 1 N–H and O–H groups in total. The van der Waals surface area contributed by atoms with Crippen molar-refractivity contribution in [1.29, 1.82) is 0 Å². The Labute approximate surface area is 130 Å². The highest BCUT2D eigenvalue weighted by Gasteiger charge is 2.14. The maximum absolute atomic E-state index is 5.08. The molecule has 0 saturated carbocycles. The number of hydrogen-bond donors (Lipinski definition) is 1. The Bertz CT molecular complexity index is 565. The molecule has 21 heavy (non-hydrogen) atoms. The van der Waals surface area contributed by atoms with Crippen LogP contribution in [0, 0.1) is 6.92 Å². The van der Waals surface area contributed by atoms with E-state index in [0.29, 0.717) is 11.9 Å². The minimum Gasteiger partial charge on any atom is -0.481 e. The molecule has 0 aromatic carbocycles. The number of hydrogen-bond acceptors (Lipinski definition) is 5. The average Bonchev–Trinajstić information content (AvgIpc) is 2.86. The third kappa shape index (κ3) is 4.25. The Morgan fingerprint density at radius 2 is 2.19 bits per heavy atom. The van der Waals surface area contributed by atoms with Gasteiger partial charge in [0.25, 0.3) is 0 Å². The summed E-state index contributed by atoms with van der Waals surface area (Å²) in [4.78, 5) is 10.3. The van der Waals surface area contributed by atoms with E-state index in [4.69, 9.17) is 9.72 Å². The standard InChI is InChI=1S/C16H23N3OS/c1-5-8-17-11(2)16-12(3)19-15(21-16)9-13-6-7-14(20-4)18-10-13/h6-7,10-11,17H,5,8-9H2,1-4H3. The molecule has 5 heteroatoms. The SMILES string of the molecule is CCCNC(C)c1sc(Cc2ccc(OC)nc2)nc1C. The largest absolute Gasteiger partial charge is 0.481 e. The first-order chi connectivity index (χ1) is 10.1. The van der Waals surface area contributed by atoms with Crippen molar-refractivity contribution in [2.24, 2.45) is 0 Å². The second-order valence-corrected chi connectivity index (χ2v) is 6.23. The highest BCUT2D eigenvalue weighted by molar-refractivity contribution is 7.11. The molecule has 0 fully saturated rings. The minimum absolute atomic E-state index is 0.366. The average molecular weight is 305 g/mol. The van der Waals surface area contributed by atoms with Gasteiger partial charge >= 0.3 is 0 Å². The molecule has 0 aliphatic rings. The Balaban J connectivity index is 2.06. The molecule has 2 aromatic heterocycles. The normalized spacial score (nSPS) is 12.4.